The van der Waals surface area contributed by atoms with Gasteiger partial charge in [0.1, 0.15) is 11.6 Å². The summed E-state index contributed by atoms with van der Waals surface area (Å²) < 4.78 is 5.11. The second kappa shape index (κ2) is 9.11. The van der Waals surface area contributed by atoms with Gasteiger partial charge in [0.25, 0.3) is 11.8 Å². The number of esters is 1. The Balaban J connectivity index is 1.81. The number of rotatable bonds is 6. The topological polar surface area (TPSA) is 66.9 Å². The summed E-state index contributed by atoms with van der Waals surface area (Å²) in [6.07, 6.45) is 4.45. The number of hydrogen-bond donors (Lipinski definition) is 0. The van der Waals surface area contributed by atoms with Crippen LogP contribution >= 0.6 is 23.2 Å². The quantitative estimate of drug-likeness (QED) is 0.385. The largest absolute Gasteiger partial charge is 0.460 e. The minimum absolute atomic E-state index is 0.140. The van der Waals surface area contributed by atoms with Crippen molar-refractivity contribution in [2.45, 2.75) is 25.7 Å². The first-order valence-corrected chi connectivity index (χ1v) is 10.1. The monoisotopic (exact) mass is 436 g/mol. The Morgan fingerprint density at radius 3 is 2.38 bits per heavy atom. The van der Waals surface area contributed by atoms with Gasteiger partial charge in [-0.1, -0.05) is 23.2 Å². The Bertz CT molecular complexity index is 893. The SMILES string of the molecule is CN(C)CCOC(=O)/C(Cl)=C/c1cc(N2C(=O)C3=C(CCCC3)C2=O)ccc1Cl. The van der Waals surface area contributed by atoms with Crippen molar-refractivity contribution in [3.63, 3.8) is 0 Å². The van der Waals surface area contributed by atoms with E-state index in [-0.39, 0.29) is 23.5 Å². The molecule has 0 N–H and O–H groups in total. The Morgan fingerprint density at radius 1 is 1.17 bits per heavy atom. The predicted octanol–water partition coefficient (Wildman–Crippen LogP) is 3.77. The summed E-state index contributed by atoms with van der Waals surface area (Å²) in [5, 5.41) is 0.198. The summed E-state index contributed by atoms with van der Waals surface area (Å²) in [5.74, 6) is -1.23. The molecule has 3 rings (SSSR count). The van der Waals surface area contributed by atoms with Gasteiger partial charge in [-0.3, -0.25) is 9.59 Å². The molecular formula is C21H22Cl2N2O4. The summed E-state index contributed by atoms with van der Waals surface area (Å²) in [5.41, 5.74) is 2.03. The fourth-order valence-corrected chi connectivity index (χ4v) is 3.68. The standard InChI is InChI=1S/C21H22Cl2N2O4/c1-24(2)9-10-29-21(28)18(23)12-13-11-14(7-8-17(13)22)25-19(26)15-5-3-4-6-16(15)20(25)27/h7-8,11-12H,3-6,9-10H2,1-2H3/b18-12-. The molecule has 0 radical (unpaired) electrons. The van der Waals surface area contributed by atoms with Crippen molar-refractivity contribution >= 4 is 52.7 Å². The van der Waals surface area contributed by atoms with Crippen LogP contribution in [0.1, 0.15) is 31.2 Å². The Labute approximate surface area is 179 Å². The van der Waals surface area contributed by atoms with Crippen LogP contribution in [0.4, 0.5) is 5.69 Å². The van der Waals surface area contributed by atoms with Crippen LogP contribution in [0.2, 0.25) is 5.02 Å². The number of amides is 2. The van der Waals surface area contributed by atoms with E-state index >= 15 is 0 Å². The van der Waals surface area contributed by atoms with Crippen LogP contribution < -0.4 is 4.90 Å². The molecule has 0 fully saturated rings. The van der Waals surface area contributed by atoms with Crippen LogP contribution in [-0.2, 0) is 19.1 Å². The molecule has 2 amide bonds. The van der Waals surface area contributed by atoms with Gasteiger partial charge >= 0.3 is 5.97 Å². The number of benzene rings is 1. The molecule has 0 saturated heterocycles. The summed E-state index contributed by atoms with van der Waals surface area (Å²) in [4.78, 5) is 40.6. The third-order valence-electron chi connectivity index (χ3n) is 4.88. The van der Waals surface area contributed by atoms with Gasteiger partial charge in [-0.25, -0.2) is 9.69 Å². The molecule has 0 bridgehead atoms. The third-order valence-corrected chi connectivity index (χ3v) is 5.48. The van der Waals surface area contributed by atoms with E-state index in [9.17, 15) is 14.4 Å². The lowest BCUT2D eigenvalue weighted by atomic mass is 9.93. The van der Waals surface area contributed by atoms with Crippen molar-refractivity contribution < 1.29 is 19.1 Å². The number of likely N-dealkylation sites (N-methyl/N-ethyl adjacent to an activating group) is 1. The van der Waals surface area contributed by atoms with Crippen LogP contribution in [0.15, 0.2) is 34.4 Å². The molecule has 154 valence electrons. The maximum atomic E-state index is 12.7. The first-order valence-electron chi connectivity index (χ1n) is 9.39. The predicted molar refractivity (Wildman–Crippen MR) is 113 cm³/mol. The maximum absolute atomic E-state index is 12.7. The number of imide groups is 1. The van der Waals surface area contributed by atoms with E-state index < -0.39 is 5.97 Å². The molecule has 0 unspecified atom stereocenters. The van der Waals surface area contributed by atoms with E-state index in [4.69, 9.17) is 27.9 Å². The highest BCUT2D eigenvalue weighted by atomic mass is 35.5. The van der Waals surface area contributed by atoms with Gasteiger partial charge in [0.15, 0.2) is 0 Å². The molecule has 8 heteroatoms. The van der Waals surface area contributed by atoms with Gasteiger partial charge in [0.05, 0.1) is 5.69 Å². The summed E-state index contributed by atoms with van der Waals surface area (Å²) >= 11 is 12.3. The second-order valence-corrected chi connectivity index (χ2v) is 8.06. The number of nitrogens with zero attached hydrogens (tertiary/aromatic N) is 2. The Morgan fingerprint density at radius 2 is 1.79 bits per heavy atom. The molecule has 6 nitrogen and oxygen atoms in total. The zero-order valence-electron chi connectivity index (χ0n) is 16.3. The molecule has 1 aliphatic carbocycles. The first kappa shape index (κ1) is 21.6. The molecule has 0 aromatic heterocycles. The average molecular weight is 437 g/mol. The lowest BCUT2D eigenvalue weighted by molar-refractivity contribution is -0.138. The van der Waals surface area contributed by atoms with Crippen molar-refractivity contribution in [2.75, 3.05) is 32.1 Å². The van der Waals surface area contributed by atoms with Crippen molar-refractivity contribution in [3.05, 3.63) is 45.0 Å². The van der Waals surface area contributed by atoms with Gasteiger partial charge in [-0.05, 0) is 69.6 Å². The van der Waals surface area contributed by atoms with E-state index in [0.29, 0.717) is 46.8 Å². The second-order valence-electron chi connectivity index (χ2n) is 7.25. The average Bonchev–Trinajstić information content (AvgIpc) is 2.94. The lowest BCUT2D eigenvalue weighted by Crippen LogP contribution is -2.31. The van der Waals surface area contributed by atoms with E-state index in [1.54, 1.807) is 18.2 Å². The minimum Gasteiger partial charge on any atom is -0.460 e. The van der Waals surface area contributed by atoms with Crippen LogP contribution in [-0.4, -0.2) is 49.9 Å². The van der Waals surface area contributed by atoms with Gasteiger partial charge in [-0.15, -0.1) is 0 Å². The van der Waals surface area contributed by atoms with Gasteiger partial charge < -0.3 is 9.64 Å². The molecule has 1 aromatic carbocycles. The number of carbonyl (C=O) groups excluding carboxylic acids is 3. The van der Waals surface area contributed by atoms with Crippen LogP contribution in [0.3, 0.4) is 0 Å². The highest BCUT2D eigenvalue weighted by Gasteiger charge is 2.39. The van der Waals surface area contributed by atoms with Crippen molar-refractivity contribution in [2.24, 2.45) is 0 Å². The molecule has 1 aliphatic heterocycles. The van der Waals surface area contributed by atoms with Crippen molar-refractivity contribution in [1.29, 1.82) is 0 Å². The van der Waals surface area contributed by atoms with Gasteiger partial charge in [-0.2, -0.15) is 0 Å². The number of anilines is 1. The lowest BCUT2D eigenvalue weighted by Gasteiger charge is -2.16. The molecule has 2 aliphatic rings. The smallest absolute Gasteiger partial charge is 0.349 e. The molecule has 29 heavy (non-hydrogen) atoms. The first-order chi connectivity index (χ1) is 13.8. The number of halogens is 2. The fraction of sp³-hybridized carbons (Fsp3) is 0.381. The number of ether oxygens (including phenoxy) is 1. The number of carbonyl (C=O) groups is 3. The molecule has 0 spiro atoms. The normalized spacial score (nSPS) is 17.3. The zero-order valence-corrected chi connectivity index (χ0v) is 17.8. The summed E-state index contributed by atoms with van der Waals surface area (Å²) in [6.45, 7) is 0.778. The minimum atomic E-state index is -0.666. The Kier molecular flexibility index (Phi) is 6.77. The number of hydrogen-bond acceptors (Lipinski definition) is 5. The Hall–Kier alpha value is -2.15. The van der Waals surface area contributed by atoms with E-state index in [1.165, 1.54) is 11.0 Å². The van der Waals surface area contributed by atoms with Crippen LogP contribution in [0.25, 0.3) is 6.08 Å². The summed E-state index contributed by atoms with van der Waals surface area (Å²) in [6, 6.07) is 4.76. The molecular weight excluding hydrogens is 415 g/mol. The third kappa shape index (κ3) is 4.71. The maximum Gasteiger partial charge on any atom is 0.349 e. The van der Waals surface area contributed by atoms with Crippen LogP contribution in [0.5, 0.6) is 0 Å². The molecule has 1 heterocycles. The zero-order chi connectivity index (χ0) is 21.1. The van der Waals surface area contributed by atoms with E-state index in [2.05, 4.69) is 0 Å². The van der Waals surface area contributed by atoms with E-state index in [0.717, 1.165) is 12.8 Å². The molecule has 1 aromatic rings. The summed E-state index contributed by atoms with van der Waals surface area (Å²) in [7, 11) is 3.73. The van der Waals surface area contributed by atoms with Gasteiger partial charge in [0.2, 0.25) is 0 Å². The fourth-order valence-electron chi connectivity index (χ4n) is 3.34. The van der Waals surface area contributed by atoms with Crippen molar-refractivity contribution in [3.8, 4) is 0 Å². The van der Waals surface area contributed by atoms with Crippen molar-refractivity contribution in [1.82, 2.24) is 4.90 Å². The van der Waals surface area contributed by atoms with E-state index in [1.807, 2.05) is 19.0 Å². The highest BCUT2D eigenvalue weighted by Crippen LogP contribution is 2.36. The van der Waals surface area contributed by atoms with Crippen LogP contribution in [0, 0.1) is 0 Å². The highest BCUT2D eigenvalue weighted by molar-refractivity contribution is 6.43. The molecule has 0 atom stereocenters. The molecule has 0 saturated carbocycles. The van der Waals surface area contributed by atoms with Gasteiger partial charge in [0, 0.05) is 22.7 Å².